The van der Waals surface area contributed by atoms with Crippen molar-refractivity contribution in [3.63, 3.8) is 0 Å². The Labute approximate surface area is 131 Å². The minimum absolute atomic E-state index is 0.686. The fourth-order valence-electron chi connectivity index (χ4n) is 2.63. The third-order valence-electron chi connectivity index (χ3n) is 3.83. The minimum Gasteiger partial charge on any atom is -0.383 e. The van der Waals surface area contributed by atoms with Crippen LogP contribution in [0, 0.1) is 23.7 Å². The molecule has 0 spiro atoms. The molecule has 108 valence electrons. The fraction of sp³-hybridized carbons (Fsp3) is 0.238. The van der Waals surface area contributed by atoms with Gasteiger partial charge in [-0.3, -0.25) is 0 Å². The van der Waals surface area contributed by atoms with Gasteiger partial charge in [0.05, 0.1) is 0 Å². The van der Waals surface area contributed by atoms with Gasteiger partial charge in [-0.05, 0) is 29.2 Å². The van der Waals surface area contributed by atoms with Crippen LogP contribution >= 0.6 is 0 Å². The molecule has 1 aliphatic carbocycles. The van der Waals surface area contributed by atoms with Crippen LogP contribution in [0.3, 0.4) is 0 Å². The lowest BCUT2D eigenvalue weighted by molar-refractivity contribution is 0.222. The van der Waals surface area contributed by atoms with Crippen LogP contribution in [0.5, 0.6) is 0 Å². The average Bonchev–Trinajstić information content (AvgIpc) is 2.58. The first-order valence-electron chi connectivity index (χ1n) is 7.69. The molecule has 3 rings (SSSR count). The number of aliphatic hydroxyl groups excluding tert-OH is 1. The topological polar surface area (TPSA) is 20.2 Å². The number of hydrogen-bond acceptors (Lipinski definition) is 1. The van der Waals surface area contributed by atoms with Crippen molar-refractivity contribution >= 4 is 10.8 Å². The third kappa shape index (κ3) is 3.22. The van der Waals surface area contributed by atoms with E-state index in [4.69, 9.17) is 0 Å². The van der Waals surface area contributed by atoms with Crippen molar-refractivity contribution in [3.05, 3.63) is 59.7 Å². The van der Waals surface area contributed by atoms with Crippen molar-refractivity contribution in [2.24, 2.45) is 0 Å². The van der Waals surface area contributed by atoms with E-state index in [1.165, 1.54) is 0 Å². The molecule has 0 fully saturated rings. The molecule has 0 aromatic heterocycles. The van der Waals surface area contributed by atoms with Gasteiger partial charge >= 0.3 is 0 Å². The summed E-state index contributed by atoms with van der Waals surface area (Å²) in [4.78, 5) is 0. The number of aliphatic hydroxyl groups is 1. The van der Waals surface area contributed by atoms with Gasteiger partial charge < -0.3 is 5.11 Å². The van der Waals surface area contributed by atoms with E-state index in [1.54, 1.807) is 6.08 Å². The molecule has 1 nitrogen and oxygen atoms in total. The van der Waals surface area contributed by atoms with Gasteiger partial charge in [0.25, 0.3) is 0 Å². The first-order chi connectivity index (χ1) is 10.9. The Balaban J connectivity index is 2.03. The average molecular weight is 286 g/mol. The molecular formula is C21H18O. The summed E-state index contributed by atoms with van der Waals surface area (Å²) in [5.74, 6) is 12.4. The van der Waals surface area contributed by atoms with E-state index >= 15 is 0 Å². The maximum Gasteiger partial charge on any atom is 0.113 e. The van der Waals surface area contributed by atoms with Gasteiger partial charge in [-0.25, -0.2) is 0 Å². The van der Waals surface area contributed by atoms with E-state index in [2.05, 4.69) is 35.8 Å². The van der Waals surface area contributed by atoms with Crippen LogP contribution in [0.2, 0.25) is 0 Å². The summed E-state index contributed by atoms with van der Waals surface area (Å²) in [5, 5.41) is 13.0. The maximum atomic E-state index is 10.8. The lowest BCUT2D eigenvalue weighted by Gasteiger charge is -2.13. The van der Waals surface area contributed by atoms with E-state index in [1.807, 2.05) is 30.3 Å². The van der Waals surface area contributed by atoms with Gasteiger partial charge in [0.1, 0.15) is 6.10 Å². The molecule has 0 heterocycles. The molecule has 0 radical (unpaired) electrons. The number of fused-ring (bicyclic) bond motifs is 1. The van der Waals surface area contributed by atoms with Crippen molar-refractivity contribution in [1.29, 1.82) is 0 Å². The summed E-state index contributed by atoms with van der Waals surface area (Å²) in [6.07, 6.45) is 4.96. The molecule has 0 bridgehead atoms. The molecular weight excluding hydrogens is 268 g/mol. The number of rotatable bonds is 2. The van der Waals surface area contributed by atoms with Gasteiger partial charge in [-0.1, -0.05) is 66.1 Å². The first-order valence-corrected chi connectivity index (χ1v) is 7.69. The largest absolute Gasteiger partial charge is 0.383 e. The quantitative estimate of drug-likeness (QED) is 0.812. The lowest BCUT2D eigenvalue weighted by atomic mass is 9.95. The van der Waals surface area contributed by atoms with Crippen molar-refractivity contribution in [2.45, 2.75) is 31.8 Å². The lowest BCUT2D eigenvalue weighted by Crippen LogP contribution is -2.01. The summed E-state index contributed by atoms with van der Waals surface area (Å²) in [5.41, 5.74) is 1.57. The summed E-state index contributed by atoms with van der Waals surface area (Å²) in [6.45, 7) is 0. The van der Waals surface area contributed by atoms with Crippen molar-refractivity contribution in [2.75, 3.05) is 0 Å². The first kappa shape index (κ1) is 14.5. The highest BCUT2D eigenvalue weighted by Crippen LogP contribution is 2.28. The molecule has 0 saturated carbocycles. The molecule has 2 aromatic rings. The Morgan fingerprint density at radius 3 is 2.59 bits per heavy atom. The van der Waals surface area contributed by atoms with Crippen LogP contribution in [-0.4, -0.2) is 5.11 Å². The highest BCUT2D eigenvalue weighted by molar-refractivity contribution is 5.86. The summed E-state index contributed by atoms with van der Waals surface area (Å²) >= 11 is 0. The molecule has 0 amide bonds. The van der Waals surface area contributed by atoms with Crippen LogP contribution in [0.15, 0.2) is 54.1 Å². The molecule has 1 atom stereocenters. The summed E-state index contributed by atoms with van der Waals surface area (Å²) < 4.78 is 0. The SMILES string of the molecule is OC(/C1=C/C#CCCCCC#C1)c1cccc2ccccc12. The molecule has 22 heavy (non-hydrogen) atoms. The summed E-state index contributed by atoms with van der Waals surface area (Å²) in [7, 11) is 0. The minimum atomic E-state index is -0.729. The number of hydrogen-bond donors (Lipinski definition) is 1. The van der Waals surface area contributed by atoms with E-state index in [0.29, 0.717) is 5.57 Å². The highest BCUT2D eigenvalue weighted by Gasteiger charge is 2.14. The van der Waals surface area contributed by atoms with Crippen LogP contribution in [0.1, 0.15) is 37.4 Å². The monoisotopic (exact) mass is 286 g/mol. The van der Waals surface area contributed by atoms with Crippen molar-refractivity contribution in [3.8, 4) is 23.7 Å². The Kier molecular flexibility index (Phi) is 4.59. The highest BCUT2D eigenvalue weighted by atomic mass is 16.3. The summed E-state index contributed by atoms with van der Waals surface area (Å²) in [6, 6.07) is 14.1. The van der Waals surface area contributed by atoms with Crippen LogP contribution < -0.4 is 0 Å². The van der Waals surface area contributed by atoms with Crippen LogP contribution in [0.25, 0.3) is 10.8 Å². The smallest absolute Gasteiger partial charge is 0.113 e. The van der Waals surface area contributed by atoms with Gasteiger partial charge in [0, 0.05) is 24.5 Å². The predicted octanol–water partition coefficient (Wildman–Crippen LogP) is 4.38. The van der Waals surface area contributed by atoms with Gasteiger partial charge in [-0.15, -0.1) is 0 Å². The molecule has 2 aromatic carbocycles. The molecule has 0 aliphatic heterocycles. The zero-order valence-electron chi connectivity index (χ0n) is 12.5. The van der Waals surface area contributed by atoms with Gasteiger partial charge in [0.15, 0.2) is 0 Å². The maximum absolute atomic E-state index is 10.8. The standard InChI is InChI=1S/C21H18O/c22-21(18-12-6-4-2-1-3-5-7-13-18)20-16-10-14-17-11-8-9-15-19(17)20/h8-11,13-16,21-22H,1-4H2/b18-13+. The van der Waals surface area contributed by atoms with Crippen LogP contribution in [0.4, 0.5) is 0 Å². The third-order valence-corrected chi connectivity index (χ3v) is 3.83. The van der Waals surface area contributed by atoms with Gasteiger partial charge in [-0.2, -0.15) is 0 Å². The van der Waals surface area contributed by atoms with E-state index in [-0.39, 0.29) is 0 Å². The molecule has 1 aliphatic rings. The predicted molar refractivity (Wildman–Crippen MR) is 91.0 cm³/mol. The van der Waals surface area contributed by atoms with E-state index < -0.39 is 6.10 Å². The van der Waals surface area contributed by atoms with E-state index in [9.17, 15) is 5.11 Å². The zero-order valence-corrected chi connectivity index (χ0v) is 12.5. The second kappa shape index (κ2) is 6.99. The molecule has 0 saturated heterocycles. The normalized spacial score (nSPS) is 18.1. The Hall–Kier alpha value is -2.48. The van der Waals surface area contributed by atoms with E-state index in [0.717, 1.165) is 42.0 Å². The number of benzene rings is 2. The van der Waals surface area contributed by atoms with Gasteiger partial charge in [0.2, 0.25) is 0 Å². The second-order valence-corrected chi connectivity index (χ2v) is 5.40. The Morgan fingerprint density at radius 1 is 0.909 bits per heavy atom. The molecule has 1 N–H and O–H groups in total. The number of allylic oxidation sites excluding steroid dienone is 1. The Bertz CT molecular complexity index is 816. The van der Waals surface area contributed by atoms with Crippen molar-refractivity contribution in [1.82, 2.24) is 0 Å². The Morgan fingerprint density at radius 2 is 1.68 bits per heavy atom. The molecule has 1 unspecified atom stereocenters. The second-order valence-electron chi connectivity index (χ2n) is 5.40. The fourth-order valence-corrected chi connectivity index (χ4v) is 2.63. The van der Waals surface area contributed by atoms with Crippen molar-refractivity contribution < 1.29 is 5.11 Å². The zero-order chi connectivity index (χ0) is 15.2. The van der Waals surface area contributed by atoms with Crippen LogP contribution in [-0.2, 0) is 0 Å². The molecule has 1 heteroatoms.